The van der Waals surface area contributed by atoms with Crippen LogP contribution in [0.4, 0.5) is 0 Å². The molecule has 0 saturated heterocycles. The van der Waals surface area contributed by atoms with Crippen molar-refractivity contribution in [3.8, 4) is 0 Å². The number of carboxylic acid groups (broad SMARTS) is 1. The Bertz CT molecular complexity index is 958. The van der Waals surface area contributed by atoms with Gasteiger partial charge in [0.05, 0.1) is 22.9 Å². The quantitative estimate of drug-likeness (QED) is 0.715. The number of para-hydroxylation sites is 1. The summed E-state index contributed by atoms with van der Waals surface area (Å²) in [5.41, 5.74) is -0.930. The number of nitrogens with one attached hydrogen (secondary N) is 2. The second-order valence-corrected chi connectivity index (χ2v) is 7.35. The van der Waals surface area contributed by atoms with E-state index in [1.165, 1.54) is 0 Å². The topological polar surface area (TPSA) is 124 Å². The van der Waals surface area contributed by atoms with Crippen molar-refractivity contribution in [3.63, 3.8) is 0 Å². The molecule has 2 N–H and O–H groups in total. The third-order valence-corrected chi connectivity index (χ3v) is 4.36. The van der Waals surface area contributed by atoms with E-state index in [1.807, 2.05) is 13.8 Å². The molecule has 0 radical (unpaired) electrons. The lowest BCUT2D eigenvalue weighted by atomic mass is 10.00. The first kappa shape index (κ1) is 20.4. The van der Waals surface area contributed by atoms with Crippen molar-refractivity contribution in [2.75, 3.05) is 0 Å². The van der Waals surface area contributed by atoms with Crippen LogP contribution < -0.4 is 21.7 Å². The van der Waals surface area contributed by atoms with Crippen molar-refractivity contribution in [2.24, 2.45) is 11.8 Å². The molecule has 2 rings (SSSR count). The molecule has 0 aliphatic heterocycles. The minimum absolute atomic E-state index is 0.0148. The van der Waals surface area contributed by atoms with E-state index in [0.29, 0.717) is 5.52 Å². The van der Waals surface area contributed by atoms with Gasteiger partial charge >= 0.3 is 5.69 Å². The number of carbonyl (C=O) groups is 2. The monoisotopic (exact) mass is 374 g/mol. The van der Waals surface area contributed by atoms with Gasteiger partial charge in [0.2, 0.25) is 5.91 Å². The molecule has 1 heterocycles. The largest absolute Gasteiger partial charge is 0.548 e. The van der Waals surface area contributed by atoms with Crippen LogP contribution in [0.1, 0.15) is 40.2 Å². The van der Waals surface area contributed by atoms with E-state index in [2.05, 4.69) is 10.3 Å². The van der Waals surface area contributed by atoms with Gasteiger partial charge in [0, 0.05) is 0 Å². The summed E-state index contributed by atoms with van der Waals surface area (Å²) in [7, 11) is 0. The molecule has 0 saturated carbocycles. The second-order valence-electron chi connectivity index (χ2n) is 7.35. The zero-order valence-corrected chi connectivity index (χ0v) is 15.8. The number of nitrogens with zero attached hydrogens (tertiary/aromatic N) is 1. The van der Waals surface area contributed by atoms with Crippen molar-refractivity contribution < 1.29 is 14.7 Å². The van der Waals surface area contributed by atoms with Crippen LogP contribution in [-0.2, 0) is 9.59 Å². The standard InChI is InChI=1S/C19H25N3O5/c1-10(2)9-14(16(23)21-15(11(3)4)18(25)26)22-17(24)12-7-5-6-8-13(12)20-19(22)27/h5-8,10-11,14-15H,9H2,1-4H3,(H,20,27)(H,21,23)(H,25,26)/p-1/t14-,15+/m0/s1. The number of fused-ring (bicyclic) bond motifs is 1. The SMILES string of the molecule is CC(C)C[C@@H](C(=O)N[C@@H](C(=O)[O-])C(C)C)n1c(=O)[nH]c2ccccc2c1=O. The van der Waals surface area contributed by atoms with Crippen LogP contribution in [0, 0.1) is 11.8 Å². The number of amides is 1. The molecule has 0 unspecified atom stereocenters. The first-order valence-electron chi connectivity index (χ1n) is 8.88. The molecule has 2 atom stereocenters. The predicted octanol–water partition coefficient (Wildman–Crippen LogP) is 0.168. The van der Waals surface area contributed by atoms with Crippen LogP contribution in [0.15, 0.2) is 33.9 Å². The number of hydrogen-bond acceptors (Lipinski definition) is 5. The Labute approximate surface area is 156 Å². The van der Waals surface area contributed by atoms with E-state index in [4.69, 9.17) is 0 Å². The lowest BCUT2D eigenvalue weighted by Crippen LogP contribution is -2.54. The van der Waals surface area contributed by atoms with E-state index in [-0.39, 0.29) is 17.7 Å². The highest BCUT2D eigenvalue weighted by atomic mass is 16.4. The van der Waals surface area contributed by atoms with Crippen LogP contribution >= 0.6 is 0 Å². The zero-order valence-electron chi connectivity index (χ0n) is 15.8. The highest BCUT2D eigenvalue weighted by Crippen LogP contribution is 2.17. The van der Waals surface area contributed by atoms with Gasteiger partial charge in [-0.05, 0) is 30.4 Å². The number of aromatic nitrogens is 2. The molecule has 1 aromatic heterocycles. The Balaban J connectivity index is 2.56. The summed E-state index contributed by atoms with van der Waals surface area (Å²) in [6.07, 6.45) is 0.199. The molecule has 27 heavy (non-hydrogen) atoms. The highest BCUT2D eigenvalue weighted by Gasteiger charge is 2.28. The molecule has 2 aromatic rings. The summed E-state index contributed by atoms with van der Waals surface area (Å²) in [6, 6.07) is 4.16. The van der Waals surface area contributed by atoms with Crippen molar-refractivity contribution >= 4 is 22.8 Å². The fourth-order valence-corrected chi connectivity index (χ4v) is 2.98. The number of H-pyrrole nitrogens is 1. The molecule has 0 bridgehead atoms. The van der Waals surface area contributed by atoms with E-state index in [0.717, 1.165) is 4.57 Å². The Morgan fingerprint density at radius 1 is 1.15 bits per heavy atom. The number of hydrogen-bond donors (Lipinski definition) is 2. The van der Waals surface area contributed by atoms with Crippen molar-refractivity contribution in [2.45, 2.75) is 46.2 Å². The maximum Gasteiger partial charge on any atom is 0.329 e. The first-order chi connectivity index (χ1) is 12.6. The molecular weight excluding hydrogens is 350 g/mol. The molecular formula is C19H24N3O5-. The van der Waals surface area contributed by atoms with Gasteiger partial charge in [0.1, 0.15) is 6.04 Å². The Kier molecular flexibility index (Phi) is 6.20. The predicted molar refractivity (Wildman–Crippen MR) is 99.1 cm³/mol. The summed E-state index contributed by atoms with van der Waals surface area (Å²) in [6.45, 7) is 6.96. The summed E-state index contributed by atoms with van der Waals surface area (Å²) in [5, 5.41) is 14.0. The van der Waals surface area contributed by atoms with E-state index >= 15 is 0 Å². The lowest BCUT2D eigenvalue weighted by molar-refractivity contribution is -0.309. The summed E-state index contributed by atoms with van der Waals surface area (Å²) in [5.74, 6) is -2.54. The molecule has 146 valence electrons. The zero-order chi connectivity index (χ0) is 20.3. The Morgan fingerprint density at radius 3 is 2.33 bits per heavy atom. The maximum absolute atomic E-state index is 12.9. The van der Waals surface area contributed by atoms with Crippen molar-refractivity contribution in [1.29, 1.82) is 0 Å². The van der Waals surface area contributed by atoms with Gasteiger partial charge < -0.3 is 20.2 Å². The molecule has 8 nitrogen and oxygen atoms in total. The van der Waals surface area contributed by atoms with Gasteiger partial charge in [-0.2, -0.15) is 0 Å². The third-order valence-electron chi connectivity index (χ3n) is 4.36. The maximum atomic E-state index is 12.9. The minimum Gasteiger partial charge on any atom is -0.548 e. The lowest BCUT2D eigenvalue weighted by Gasteiger charge is -2.27. The molecule has 0 fully saturated rings. The van der Waals surface area contributed by atoms with Gasteiger partial charge in [0.15, 0.2) is 0 Å². The molecule has 1 amide bonds. The van der Waals surface area contributed by atoms with Crippen LogP contribution in [0.2, 0.25) is 0 Å². The summed E-state index contributed by atoms with van der Waals surface area (Å²) < 4.78 is 0.865. The molecule has 0 spiro atoms. The van der Waals surface area contributed by atoms with Crippen LogP contribution in [0.5, 0.6) is 0 Å². The minimum atomic E-state index is -1.42. The molecule has 0 aliphatic carbocycles. The van der Waals surface area contributed by atoms with E-state index < -0.39 is 41.1 Å². The number of carbonyl (C=O) groups excluding carboxylic acids is 2. The molecule has 0 aliphatic rings. The number of aliphatic carboxylic acids is 1. The molecule has 1 aromatic carbocycles. The van der Waals surface area contributed by atoms with Gasteiger partial charge in [-0.25, -0.2) is 9.36 Å². The van der Waals surface area contributed by atoms with Gasteiger partial charge in [-0.1, -0.05) is 39.8 Å². The van der Waals surface area contributed by atoms with Crippen LogP contribution in [-0.4, -0.2) is 27.5 Å². The van der Waals surface area contributed by atoms with Crippen molar-refractivity contribution in [3.05, 3.63) is 45.1 Å². The van der Waals surface area contributed by atoms with Crippen LogP contribution in [0.25, 0.3) is 10.9 Å². The highest BCUT2D eigenvalue weighted by molar-refractivity contribution is 5.86. The van der Waals surface area contributed by atoms with Crippen LogP contribution in [0.3, 0.4) is 0 Å². The average molecular weight is 374 g/mol. The first-order valence-corrected chi connectivity index (χ1v) is 8.88. The average Bonchev–Trinajstić information content (AvgIpc) is 2.57. The summed E-state index contributed by atoms with van der Waals surface area (Å²) >= 11 is 0. The Morgan fingerprint density at radius 2 is 1.78 bits per heavy atom. The number of carboxylic acids is 1. The third kappa shape index (κ3) is 4.45. The second kappa shape index (κ2) is 8.20. The fourth-order valence-electron chi connectivity index (χ4n) is 2.98. The number of rotatable bonds is 7. The van der Waals surface area contributed by atoms with E-state index in [1.54, 1.807) is 38.1 Å². The fraction of sp³-hybridized carbons (Fsp3) is 0.474. The van der Waals surface area contributed by atoms with Gasteiger partial charge in [0.25, 0.3) is 5.56 Å². The molecule has 8 heteroatoms. The smallest absolute Gasteiger partial charge is 0.329 e. The normalized spacial score (nSPS) is 13.7. The van der Waals surface area contributed by atoms with E-state index in [9.17, 15) is 24.3 Å². The Hall–Kier alpha value is -2.90. The number of benzene rings is 1. The van der Waals surface area contributed by atoms with Gasteiger partial charge in [-0.3, -0.25) is 9.59 Å². The summed E-state index contributed by atoms with van der Waals surface area (Å²) in [4.78, 5) is 52.1. The van der Waals surface area contributed by atoms with Crippen molar-refractivity contribution in [1.82, 2.24) is 14.9 Å². The van der Waals surface area contributed by atoms with Gasteiger partial charge in [-0.15, -0.1) is 0 Å². The number of aromatic amines is 1.